The van der Waals surface area contributed by atoms with Crippen molar-refractivity contribution >= 4 is 17.6 Å². The number of hydrogen-bond donors (Lipinski definition) is 3. The molecule has 4 N–H and O–H groups in total. The lowest BCUT2D eigenvalue weighted by Crippen LogP contribution is -2.36. The molecular weight excluding hydrogens is 304 g/mol. The Hall–Kier alpha value is -2.25. The summed E-state index contributed by atoms with van der Waals surface area (Å²) in [4.78, 5) is 14.7. The van der Waals surface area contributed by atoms with Crippen LogP contribution in [0.25, 0.3) is 0 Å². The van der Waals surface area contributed by atoms with Crippen LogP contribution in [0, 0.1) is 0 Å². The highest BCUT2D eigenvalue weighted by molar-refractivity contribution is 5.58. The van der Waals surface area contributed by atoms with Crippen LogP contribution in [0.15, 0.2) is 24.3 Å². The number of aromatic nitrogens is 3. The van der Waals surface area contributed by atoms with Crippen molar-refractivity contribution in [3.8, 4) is 0 Å². The summed E-state index contributed by atoms with van der Waals surface area (Å²) in [7, 11) is 1.90. The summed E-state index contributed by atoms with van der Waals surface area (Å²) in [6, 6.07) is 8.01. The molecule has 24 heavy (non-hydrogen) atoms. The van der Waals surface area contributed by atoms with Gasteiger partial charge in [-0.25, -0.2) is 0 Å². The maximum absolute atomic E-state index is 9.90. The molecule has 0 unspecified atom stereocenters. The van der Waals surface area contributed by atoms with Crippen LogP contribution in [0.3, 0.4) is 0 Å². The first-order chi connectivity index (χ1) is 11.3. The Labute approximate surface area is 143 Å². The van der Waals surface area contributed by atoms with Gasteiger partial charge < -0.3 is 16.2 Å². The average Bonchev–Trinajstić information content (AvgIpc) is 2.45. The van der Waals surface area contributed by atoms with E-state index < -0.39 is 5.60 Å². The predicted molar refractivity (Wildman–Crippen MR) is 96.0 cm³/mol. The van der Waals surface area contributed by atoms with E-state index in [4.69, 9.17) is 5.73 Å². The first-order valence-electron chi connectivity index (χ1n) is 8.03. The van der Waals surface area contributed by atoms with E-state index in [9.17, 15) is 5.11 Å². The standard InChI is InChI=1S/C17H26N6O/c1-5-12-8-6-7-9-13(12)19-16-21-14(20-15(18)22-16)10-23(4)11-17(2,3)24/h6-9,24H,5,10-11H2,1-4H3,(H3,18,19,20,21,22). The van der Waals surface area contributed by atoms with Crippen LogP contribution >= 0.6 is 0 Å². The molecule has 2 aromatic rings. The number of aliphatic hydroxyl groups is 1. The molecule has 0 fully saturated rings. The Morgan fingerprint density at radius 3 is 2.58 bits per heavy atom. The molecule has 0 saturated carbocycles. The van der Waals surface area contributed by atoms with Crippen molar-refractivity contribution < 1.29 is 5.11 Å². The summed E-state index contributed by atoms with van der Waals surface area (Å²) >= 11 is 0. The van der Waals surface area contributed by atoms with Crippen molar-refractivity contribution in [2.75, 3.05) is 24.6 Å². The van der Waals surface area contributed by atoms with Crippen molar-refractivity contribution in [1.82, 2.24) is 19.9 Å². The number of anilines is 3. The maximum Gasteiger partial charge on any atom is 0.232 e. The molecule has 0 aliphatic carbocycles. The van der Waals surface area contributed by atoms with Gasteiger partial charge in [-0.15, -0.1) is 0 Å². The lowest BCUT2D eigenvalue weighted by Gasteiger charge is -2.24. The van der Waals surface area contributed by atoms with Crippen molar-refractivity contribution in [3.05, 3.63) is 35.7 Å². The van der Waals surface area contributed by atoms with Gasteiger partial charge in [-0.2, -0.15) is 15.0 Å². The Balaban J connectivity index is 2.16. The van der Waals surface area contributed by atoms with Crippen LogP contribution in [0.4, 0.5) is 17.6 Å². The molecule has 0 aliphatic heterocycles. The number of rotatable bonds is 7. The lowest BCUT2D eigenvalue weighted by atomic mass is 10.1. The minimum absolute atomic E-state index is 0.174. The molecule has 1 aromatic heterocycles. The minimum Gasteiger partial charge on any atom is -0.389 e. The molecule has 0 aliphatic rings. The van der Waals surface area contributed by atoms with Crippen LogP contribution in [-0.4, -0.2) is 44.2 Å². The summed E-state index contributed by atoms with van der Waals surface area (Å²) in [6.45, 7) is 6.60. The van der Waals surface area contributed by atoms with Gasteiger partial charge >= 0.3 is 0 Å². The molecule has 0 bridgehead atoms. The molecule has 1 aromatic carbocycles. The monoisotopic (exact) mass is 330 g/mol. The molecule has 2 rings (SSSR count). The Morgan fingerprint density at radius 1 is 1.21 bits per heavy atom. The van der Waals surface area contributed by atoms with E-state index >= 15 is 0 Å². The van der Waals surface area contributed by atoms with Gasteiger partial charge in [0.15, 0.2) is 0 Å². The zero-order valence-electron chi connectivity index (χ0n) is 14.7. The van der Waals surface area contributed by atoms with E-state index in [1.807, 2.05) is 30.1 Å². The fourth-order valence-corrected chi connectivity index (χ4v) is 2.59. The minimum atomic E-state index is -0.783. The average molecular weight is 330 g/mol. The Morgan fingerprint density at radius 2 is 1.92 bits per heavy atom. The van der Waals surface area contributed by atoms with E-state index in [0.29, 0.717) is 24.9 Å². The van der Waals surface area contributed by atoms with E-state index in [0.717, 1.165) is 12.1 Å². The van der Waals surface area contributed by atoms with Crippen LogP contribution in [0.2, 0.25) is 0 Å². The number of nitrogens with zero attached hydrogens (tertiary/aromatic N) is 4. The zero-order valence-corrected chi connectivity index (χ0v) is 14.7. The van der Waals surface area contributed by atoms with E-state index in [-0.39, 0.29) is 5.95 Å². The molecule has 0 radical (unpaired) electrons. The summed E-state index contributed by atoms with van der Waals surface area (Å²) < 4.78 is 0. The third-order valence-corrected chi connectivity index (χ3v) is 3.41. The van der Waals surface area contributed by atoms with Crippen molar-refractivity contribution in [3.63, 3.8) is 0 Å². The third kappa shape index (κ3) is 5.43. The first kappa shape index (κ1) is 18.1. The molecule has 130 valence electrons. The topological polar surface area (TPSA) is 100 Å². The largest absolute Gasteiger partial charge is 0.389 e. The molecule has 7 nitrogen and oxygen atoms in total. The summed E-state index contributed by atoms with van der Waals surface area (Å²) in [5.41, 5.74) is 7.17. The van der Waals surface area contributed by atoms with Crippen molar-refractivity contribution in [2.24, 2.45) is 0 Å². The van der Waals surface area contributed by atoms with Crippen molar-refractivity contribution in [2.45, 2.75) is 39.3 Å². The number of likely N-dealkylation sites (N-methyl/N-ethyl adjacent to an activating group) is 1. The summed E-state index contributed by atoms with van der Waals surface area (Å²) in [6.07, 6.45) is 0.908. The second-order valence-corrected chi connectivity index (χ2v) is 6.55. The van der Waals surface area contributed by atoms with Crippen LogP contribution < -0.4 is 11.1 Å². The molecular formula is C17H26N6O. The van der Waals surface area contributed by atoms with Gasteiger partial charge in [-0.05, 0) is 38.9 Å². The first-order valence-corrected chi connectivity index (χ1v) is 8.03. The molecule has 1 heterocycles. The molecule has 7 heteroatoms. The van der Waals surface area contributed by atoms with Gasteiger partial charge in [0.1, 0.15) is 5.82 Å². The molecule has 0 saturated heterocycles. The molecule has 0 spiro atoms. The second kappa shape index (κ2) is 7.55. The fraction of sp³-hybridized carbons (Fsp3) is 0.471. The van der Waals surface area contributed by atoms with Crippen LogP contribution in [0.1, 0.15) is 32.2 Å². The number of nitrogens with one attached hydrogen (secondary N) is 1. The van der Waals surface area contributed by atoms with Crippen LogP contribution in [-0.2, 0) is 13.0 Å². The summed E-state index contributed by atoms with van der Waals surface area (Å²) in [5, 5.41) is 13.1. The number of hydrogen-bond acceptors (Lipinski definition) is 7. The van der Waals surface area contributed by atoms with Crippen LogP contribution in [0.5, 0.6) is 0 Å². The van der Waals surface area contributed by atoms with Gasteiger partial charge in [0, 0.05) is 12.2 Å². The maximum atomic E-state index is 9.90. The highest BCUT2D eigenvalue weighted by Crippen LogP contribution is 2.19. The van der Waals surface area contributed by atoms with Gasteiger partial charge in [-0.3, -0.25) is 4.90 Å². The van der Waals surface area contributed by atoms with E-state index in [2.05, 4.69) is 33.3 Å². The number of aryl methyl sites for hydroxylation is 1. The van der Waals surface area contributed by atoms with E-state index in [1.54, 1.807) is 13.8 Å². The quantitative estimate of drug-likeness (QED) is 0.713. The Kier molecular flexibility index (Phi) is 5.69. The smallest absolute Gasteiger partial charge is 0.232 e. The van der Waals surface area contributed by atoms with Crippen molar-refractivity contribution in [1.29, 1.82) is 0 Å². The fourth-order valence-electron chi connectivity index (χ4n) is 2.59. The number of nitrogen functional groups attached to an aromatic ring is 1. The normalized spacial score (nSPS) is 11.8. The highest BCUT2D eigenvalue weighted by Gasteiger charge is 2.17. The molecule has 0 atom stereocenters. The SMILES string of the molecule is CCc1ccccc1Nc1nc(N)nc(CN(C)CC(C)(C)O)n1. The van der Waals surface area contributed by atoms with Gasteiger partial charge in [0.05, 0.1) is 12.1 Å². The lowest BCUT2D eigenvalue weighted by molar-refractivity contribution is 0.0418. The predicted octanol–water partition coefficient (Wildman–Crippen LogP) is 1.96. The third-order valence-electron chi connectivity index (χ3n) is 3.41. The zero-order chi connectivity index (χ0) is 17.7. The highest BCUT2D eigenvalue weighted by atomic mass is 16.3. The van der Waals surface area contributed by atoms with Gasteiger partial charge in [0.25, 0.3) is 0 Å². The van der Waals surface area contributed by atoms with Gasteiger partial charge in [0.2, 0.25) is 11.9 Å². The molecule has 0 amide bonds. The number of para-hydroxylation sites is 1. The number of nitrogens with two attached hydrogens (primary N) is 1. The van der Waals surface area contributed by atoms with Gasteiger partial charge in [-0.1, -0.05) is 25.1 Å². The van der Waals surface area contributed by atoms with E-state index in [1.165, 1.54) is 5.56 Å². The second-order valence-electron chi connectivity index (χ2n) is 6.55. The summed E-state index contributed by atoms with van der Waals surface area (Å²) in [5.74, 6) is 1.16. The number of benzene rings is 1. The Bertz CT molecular complexity index is 683.